The summed E-state index contributed by atoms with van der Waals surface area (Å²) < 4.78 is 30.0. The van der Waals surface area contributed by atoms with E-state index in [1.165, 1.54) is 9.12 Å². The van der Waals surface area contributed by atoms with Crippen LogP contribution in [0.3, 0.4) is 0 Å². The van der Waals surface area contributed by atoms with E-state index in [1.54, 1.807) is 13.1 Å². The maximum Gasteiger partial charge on any atom is 0.341 e. The van der Waals surface area contributed by atoms with Gasteiger partial charge < -0.3 is 9.64 Å². The number of halogens is 2. The van der Waals surface area contributed by atoms with Crippen molar-refractivity contribution < 1.29 is 17.9 Å². The molecule has 0 bridgehead atoms. The average Bonchev–Trinajstić information content (AvgIpc) is 3.09. The first-order valence-electron chi connectivity index (χ1n) is 9.36. The van der Waals surface area contributed by atoms with E-state index in [1.807, 2.05) is 23.3 Å². The number of ether oxygens (including phenoxy) is 1. The predicted octanol–water partition coefficient (Wildman–Crippen LogP) is 4.62. The van der Waals surface area contributed by atoms with Crippen molar-refractivity contribution in [3.63, 3.8) is 0 Å². The molecule has 1 saturated carbocycles. The summed E-state index contributed by atoms with van der Waals surface area (Å²) >= 11 is 2.19. The summed E-state index contributed by atoms with van der Waals surface area (Å²) in [6.07, 6.45) is 6.76. The molecule has 1 aliphatic carbocycles. The largest absolute Gasteiger partial charge is 0.462 e. The zero-order valence-corrected chi connectivity index (χ0v) is 20.7. The highest BCUT2D eigenvalue weighted by molar-refractivity contribution is 14.2. The Hall–Kier alpha value is -0.720. The molecule has 7 nitrogen and oxygen atoms in total. The molecule has 0 aliphatic heterocycles. The summed E-state index contributed by atoms with van der Waals surface area (Å²) in [6, 6.07) is 2.16. The van der Waals surface area contributed by atoms with Gasteiger partial charge in [-0.1, -0.05) is 0 Å². The summed E-state index contributed by atoms with van der Waals surface area (Å²) in [4.78, 5) is 19.2. The van der Waals surface area contributed by atoms with Gasteiger partial charge in [0.05, 0.1) is 18.0 Å². The molecule has 3 rings (SSSR count). The molecule has 0 N–H and O–H groups in total. The molecule has 29 heavy (non-hydrogen) atoms. The first-order chi connectivity index (χ1) is 13.7. The molecule has 0 radical (unpaired) electrons. The SMILES string of the molecule is CCOC(=O)c1cnc2c(ccn2SI)c1N(C)C1CCC(CS(=O)(=O)Cl)CC1. The third-order valence-corrected chi connectivity index (χ3v) is 8.34. The number of rotatable bonds is 7. The van der Waals surface area contributed by atoms with E-state index < -0.39 is 9.05 Å². The molecule has 2 aromatic heterocycles. The van der Waals surface area contributed by atoms with Crippen LogP contribution in [0.15, 0.2) is 18.5 Å². The monoisotopic (exact) mass is 571 g/mol. The lowest BCUT2D eigenvalue weighted by Crippen LogP contribution is -2.37. The highest BCUT2D eigenvalue weighted by atomic mass is 127. The van der Waals surface area contributed by atoms with E-state index in [0.29, 0.717) is 12.2 Å². The van der Waals surface area contributed by atoms with Gasteiger partial charge in [-0.15, -0.1) is 0 Å². The van der Waals surface area contributed by atoms with Gasteiger partial charge >= 0.3 is 5.97 Å². The zero-order chi connectivity index (χ0) is 21.2. The number of hydrogen-bond acceptors (Lipinski definition) is 7. The number of carbonyl (C=O) groups excluding carboxylic acids is 1. The molecule has 0 atom stereocenters. The Morgan fingerprint density at radius 3 is 2.69 bits per heavy atom. The normalized spacial score (nSPS) is 20.0. The Balaban J connectivity index is 1.91. The van der Waals surface area contributed by atoms with Gasteiger partial charge in [-0.25, -0.2) is 18.2 Å². The molecule has 11 heteroatoms. The second-order valence-electron chi connectivity index (χ2n) is 7.18. The van der Waals surface area contributed by atoms with Gasteiger partial charge in [0, 0.05) is 71.9 Å². The summed E-state index contributed by atoms with van der Waals surface area (Å²) in [5.41, 5.74) is 2.05. The minimum Gasteiger partial charge on any atom is -0.462 e. The van der Waals surface area contributed by atoms with Crippen LogP contribution in [0, 0.1) is 5.92 Å². The molecule has 0 amide bonds. The fourth-order valence-electron chi connectivity index (χ4n) is 4.01. The molecule has 0 unspecified atom stereocenters. The van der Waals surface area contributed by atoms with Crippen molar-refractivity contribution in [3.8, 4) is 0 Å². The lowest BCUT2D eigenvalue weighted by atomic mass is 9.86. The fourth-order valence-corrected chi connectivity index (χ4v) is 6.71. The number of pyridine rings is 1. The molecule has 2 aromatic rings. The van der Waals surface area contributed by atoms with E-state index in [9.17, 15) is 13.2 Å². The molecule has 0 spiro atoms. The minimum atomic E-state index is -3.48. The van der Waals surface area contributed by atoms with Crippen LogP contribution in [-0.2, 0) is 13.8 Å². The van der Waals surface area contributed by atoms with Crippen LogP contribution in [-0.4, -0.2) is 48.8 Å². The third kappa shape index (κ3) is 5.31. The molecular weight excluding hydrogens is 549 g/mol. The average molecular weight is 572 g/mol. The Morgan fingerprint density at radius 1 is 1.41 bits per heavy atom. The second-order valence-corrected chi connectivity index (χ2v) is 11.7. The van der Waals surface area contributed by atoms with Gasteiger partial charge in [-0.3, -0.25) is 3.97 Å². The number of anilines is 1. The van der Waals surface area contributed by atoms with Crippen LogP contribution in [0.2, 0.25) is 0 Å². The van der Waals surface area contributed by atoms with Crippen molar-refractivity contribution in [2.45, 2.75) is 38.6 Å². The number of nitrogens with zero attached hydrogens (tertiary/aromatic N) is 3. The number of fused-ring (bicyclic) bond motifs is 1. The Labute approximate surface area is 191 Å². The highest BCUT2D eigenvalue weighted by Gasteiger charge is 2.30. The second kappa shape index (κ2) is 9.61. The number of aromatic nitrogens is 2. The molecule has 160 valence electrons. The van der Waals surface area contributed by atoms with E-state index in [4.69, 9.17) is 15.4 Å². The van der Waals surface area contributed by atoms with Gasteiger partial charge in [0.15, 0.2) is 5.65 Å². The first-order valence-corrected chi connectivity index (χ1v) is 15.2. The standard InChI is InChI=1S/C18H23ClIN3O4S2/c1-3-27-18(24)15-10-21-17-14(8-9-23(17)28-20)16(15)22(2)13-6-4-12(5-7-13)11-29(19,25)26/h8-10,12-13H,3-7,11H2,1-2H3. The minimum absolute atomic E-state index is 0.0221. The smallest absolute Gasteiger partial charge is 0.341 e. The van der Waals surface area contributed by atoms with E-state index >= 15 is 0 Å². The maximum absolute atomic E-state index is 12.6. The van der Waals surface area contributed by atoms with Gasteiger partial charge in [-0.05, 0) is 44.6 Å². The molecule has 1 fully saturated rings. The van der Waals surface area contributed by atoms with Gasteiger partial charge in [0.2, 0.25) is 9.05 Å². The Bertz CT molecular complexity index is 990. The quantitative estimate of drug-likeness (QED) is 0.272. The first kappa shape index (κ1) is 23.0. The molecule has 0 saturated heterocycles. The molecule has 2 heterocycles. The van der Waals surface area contributed by atoms with Crippen LogP contribution in [0.5, 0.6) is 0 Å². The van der Waals surface area contributed by atoms with E-state index in [-0.39, 0.29) is 23.7 Å². The van der Waals surface area contributed by atoms with Crippen LogP contribution in [0.4, 0.5) is 5.69 Å². The predicted molar refractivity (Wildman–Crippen MR) is 126 cm³/mol. The molecular formula is C18H23ClIN3O4S2. The number of esters is 1. The van der Waals surface area contributed by atoms with Gasteiger partial charge in [-0.2, -0.15) is 0 Å². The topological polar surface area (TPSA) is 81.5 Å². The lowest BCUT2D eigenvalue weighted by molar-refractivity contribution is 0.0526. The summed E-state index contributed by atoms with van der Waals surface area (Å²) in [6.45, 7) is 2.07. The van der Waals surface area contributed by atoms with E-state index in [0.717, 1.165) is 42.4 Å². The number of hydrogen-bond donors (Lipinski definition) is 0. The van der Waals surface area contributed by atoms with Crippen molar-refractivity contribution in [3.05, 3.63) is 24.0 Å². The van der Waals surface area contributed by atoms with Crippen LogP contribution in [0.1, 0.15) is 43.0 Å². The van der Waals surface area contributed by atoms with Crippen molar-refractivity contribution in [1.29, 1.82) is 0 Å². The van der Waals surface area contributed by atoms with Crippen LogP contribution < -0.4 is 4.90 Å². The van der Waals surface area contributed by atoms with Crippen LogP contribution in [0.25, 0.3) is 11.0 Å². The summed E-state index contributed by atoms with van der Waals surface area (Å²) in [5.74, 6) is -0.282. The van der Waals surface area contributed by atoms with Crippen molar-refractivity contribution >= 4 is 72.7 Å². The van der Waals surface area contributed by atoms with Crippen molar-refractivity contribution in [1.82, 2.24) is 8.96 Å². The van der Waals surface area contributed by atoms with E-state index in [2.05, 4.69) is 31.1 Å². The zero-order valence-electron chi connectivity index (χ0n) is 16.2. The maximum atomic E-state index is 12.6. The fraction of sp³-hybridized carbons (Fsp3) is 0.556. The summed E-state index contributed by atoms with van der Waals surface area (Å²) in [5, 5.41) is 0.896. The van der Waals surface area contributed by atoms with Gasteiger partial charge in [0.1, 0.15) is 5.56 Å². The lowest BCUT2D eigenvalue weighted by Gasteiger charge is -2.36. The summed E-state index contributed by atoms with van der Waals surface area (Å²) in [7, 11) is 5.44. The molecule has 1 aliphatic rings. The van der Waals surface area contributed by atoms with Gasteiger partial charge in [0.25, 0.3) is 0 Å². The molecule has 0 aromatic carbocycles. The highest BCUT2D eigenvalue weighted by Crippen LogP contribution is 2.37. The van der Waals surface area contributed by atoms with Crippen LogP contribution >= 0.6 is 41.0 Å². The van der Waals surface area contributed by atoms with Crippen molar-refractivity contribution in [2.24, 2.45) is 5.92 Å². The number of carbonyl (C=O) groups is 1. The van der Waals surface area contributed by atoms with Crippen molar-refractivity contribution in [2.75, 3.05) is 24.3 Å². The Kier molecular flexibility index (Phi) is 7.61. The third-order valence-electron chi connectivity index (χ3n) is 5.37. The Morgan fingerprint density at radius 2 is 2.10 bits per heavy atom.